The fourth-order valence-corrected chi connectivity index (χ4v) is 0.708. The smallest absolute Gasteiger partial charge is 0.242 e. The molecule has 0 aliphatic rings. The minimum absolute atomic E-state index is 0.156. The number of aromatic nitrogens is 1. The standard InChI is InChI=1S/C8H10N2O2/c1-8(2,3)7-10-6(4-12-7)9-5-11/h4H,1-3H3. The van der Waals surface area contributed by atoms with Crippen LogP contribution in [0.25, 0.3) is 0 Å². The molecule has 0 radical (unpaired) electrons. The number of rotatable bonds is 1. The van der Waals surface area contributed by atoms with Crippen molar-refractivity contribution >= 4 is 11.9 Å². The van der Waals surface area contributed by atoms with Gasteiger partial charge in [0.25, 0.3) is 0 Å². The summed E-state index contributed by atoms with van der Waals surface area (Å²) in [7, 11) is 0. The van der Waals surface area contributed by atoms with E-state index in [0.29, 0.717) is 5.89 Å². The summed E-state index contributed by atoms with van der Waals surface area (Å²) in [6.45, 7) is 5.90. The van der Waals surface area contributed by atoms with Crippen molar-refractivity contribution in [1.29, 1.82) is 0 Å². The van der Waals surface area contributed by atoms with Crippen molar-refractivity contribution in [3.63, 3.8) is 0 Å². The molecule has 1 heterocycles. The van der Waals surface area contributed by atoms with E-state index in [1.807, 2.05) is 20.8 Å². The predicted molar refractivity (Wildman–Crippen MR) is 43.0 cm³/mol. The SMILES string of the molecule is CC(C)(C)c1nc(N=C=O)co1. The highest BCUT2D eigenvalue weighted by Gasteiger charge is 2.19. The molecule has 0 bridgehead atoms. The first kappa shape index (κ1) is 8.68. The normalized spacial score (nSPS) is 10.9. The van der Waals surface area contributed by atoms with Crippen LogP contribution in [0.5, 0.6) is 0 Å². The van der Waals surface area contributed by atoms with Crippen molar-refractivity contribution in [2.45, 2.75) is 26.2 Å². The molecule has 4 heteroatoms. The Labute approximate surface area is 70.3 Å². The molecule has 0 unspecified atom stereocenters. The molecule has 0 fully saturated rings. The lowest BCUT2D eigenvalue weighted by atomic mass is 9.97. The lowest BCUT2D eigenvalue weighted by Gasteiger charge is -2.11. The molecule has 1 rings (SSSR count). The average Bonchev–Trinajstić information content (AvgIpc) is 2.35. The molecule has 0 amide bonds. The topological polar surface area (TPSA) is 55.5 Å². The van der Waals surface area contributed by atoms with Gasteiger partial charge < -0.3 is 4.42 Å². The van der Waals surface area contributed by atoms with Gasteiger partial charge in [0, 0.05) is 5.41 Å². The maximum atomic E-state index is 9.86. The minimum atomic E-state index is -0.156. The van der Waals surface area contributed by atoms with Crippen LogP contribution in [0.4, 0.5) is 5.82 Å². The van der Waals surface area contributed by atoms with E-state index in [1.165, 1.54) is 12.3 Å². The van der Waals surface area contributed by atoms with Crippen molar-refractivity contribution in [3.8, 4) is 0 Å². The first-order valence-electron chi connectivity index (χ1n) is 3.58. The second-order valence-corrected chi connectivity index (χ2v) is 3.46. The summed E-state index contributed by atoms with van der Waals surface area (Å²) in [4.78, 5) is 17.2. The molecule has 0 aliphatic heterocycles. The third kappa shape index (κ3) is 1.80. The van der Waals surface area contributed by atoms with Crippen molar-refractivity contribution < 1.29 is 9.21 Å². The Bertz CT molecular complexity index is 316. The van der Waals surface area contributed by atoms with E-state index in [1.54, 1.807) is 0 Å². The van der Waals surface area contributed by atoms with Gasteiger partial charge in [0.2, 0.25) is 17.8 Å². The van der Waals surface area contributed by atoms with E-state index >= 15 is 0 Å². The molecule has 0 spiro atoms. The van der Waals surface area contributed by atoms with Crippen LogP contribution in [0.1, 0.15) is 26.7 Å². The lowest BCUT2D eigenvalue weighted by molar-refractivity contribution is 0.392. The lowest BCUT2D eigenvalue weighted by Crippen LogP contribution is -2.10. The fourth-order valence-electron chi connectivity index (χ4n) is 0.708. The van der Waals surface area contributed by atoms with Crippen LogP contribution in [0.2, 0.25) is 0 Å². The molecule has 0 saturated heterocycles. The van der Waals surface area contributed by atoms with Gasteiger partial charge in [-0.3, -0.25) is 0 Å². The summed E-state index contributed by atoms with van der Waals surface area (Å²) in [5, 5.41) is 0. The average molecular weight is 166 g/mol. The fraction of sp³-hybridized carbons (Fsp3) is 0.500. The minimum Gasteiger partial charge on any atom is -0.446 e. The molecule has 1 aromatic rings. The summed E-state index contributed by atoms with van der Waals surface area (Å²) in [6, 6.07) is 0. The maximum Gasteiger partial charge on any atom is 0.242 e. The van der Waals surface area contributed by atoms with Gasteiger partial charge in [-0.1, -0.05) is 20.8 Å². The summed E-state index contributed by atoms with van der Waals surface area (Å²) < 4.78 is 5.10. The van der Waals surface area contributed by atoms with Crippen LogP contribution in [-0.2, 0) is 10.2 Å². The molecule has 1 aromatic heterocycles. The largest absolute Gasteiger partial charge is 0.446 e. The van der Waals surface area contributed by atoms with Gasteiger partial charge in [-0.2, -0.15) is 4.98 Å². The van der Waals surface area contributed by atoms with E-state index < -0.39 is 0 Å². The predicted octanol–water partition coefficient (Wildman–Crippen LogP) is 1.94. The summed E-state index contributed by atoms with van der Waals surface area (Å²) in [5.74, 6) is 0.839. The Kier molecular flexibility index (Phi) is 2.11. The molecular formula is C8H10N2O2. The van der Waals surface area contributed by atoms with Crippen LogP contribution in [0.15, 0.2) is 15.7 Å². The monoisotopic (exact) mass is 166 g/mol. The number of hydrogen-bond donors (Lipinski definition) is 0. The van der Waals surface area contributed by atoms with Crippen molar-refractivity contribution in [2.24, 2.45) is 4.99 Å². The first-order valence-corrected chi connectivity index (χ1v) is 3.58. The molecule has 64 valence electrons. The van der Waals surface area contributed by atoms with E-state index in [4.69, 9.17) is 4.42 Å². The molecule has 4 nitrogen and oxygen atoms in total. The Morgan fingerprint density at radius 3 is 2.67 bits per heavy atom. The number of carbonyl (C=O) groups excluding carboxylic acids is 1. The molecule has 0 N–H and O–H groups in total. The highest BCUT2D eigenvalue weighted by atomic mass is 16.3. The van der Waals surface area contributed by atoms with Gasteiger partial charge in [0.1, 0.15) is 6.26 Å². The third-order valence-corrected chi connectivity index (χ3v) is 1.29. The summed E-state index contributed by atoms with van der Waals surface area (Å²) >= 11 is 0. The van der Waals surface area contributed by atoms with E-state index in [9.17, 15) is 4.79 Å². The Balaban J connectivity index is 2.99. The van der Waals surface area contributed by atoms with E-state index in [0.717, 1.165) is 0 Å². The van der Waals surface area contributed by atoms with Gasteiger partial charge in [0.05, 0.1) is 0 Å². The zero-order chi connectivity index (χ0) is 9.19. The first-order chi connectivity index (χ1) is 5.54. The zero-order valence-corrected chi connectivity index (χ0v) is 7.29. The van der Waals surface area contributed by atoms with E-state index in [2.05, 4.69) is 9.98 Å². The number of oxazole rings is 1. The van der Waals surface area contributed by atoms with Crippen LogP contribution >= 0.6 is 0 Å². The maximum absolute atomic E-state index is 9.86. The molecule has 0 aromatic carbocycles. The van der Waals surface area contributed by atoms with Gasteiger partial charge in [-0.15, -0.1) is 4.99 Å². The Hall–Kier alpha value is -1.41. The second-order valence-electron chi connectivity index (χ2n) is 3.46. The molecule has 0 aliphatic carbocycles. The summed E-state index contributed by atoms with van der Waals surface area (Å²) in [5.41, 5.74) is -0.156. The molecule has 0 saturated carbocycles. The van der Waals surface area contributed by atoms with Crippen molar-refractivity contribution in [2.75, 3.05) is 0 Å². The third-order valence-electron chi connectivity index (χ3n) is 1.29. The number of nitrogens with zero attached hydrogens (tertiary/aromatic N) is 2. The second kappa shape index (κ2) is 2.91. The number of hydrogen-bond acceptors (Lipinski definition) is 4. The highest BCUT2D eigenvalue weighted by molar-refractivity contribution is 5.43. The van der Waals surface area contributed by atoms with Crippen LogP contribution in [0.3, 0.4) is 0 Å². The Morgan fingerprint density at radius 1 is 1.58 bits per heavy atom. The molecule has 0 atom stereocenters. The van der Waals surface area contributed by atoms with Gasteiger partial charge >= 0.3 is 0 Å². The highest BCUT2D eigenvalue weighted by Crippen LogP contribution is 2.23. The van der Waals surface area contributed by atoms with E-state index in [-0.39, 0.29) is 11.2 Å². The van der Waals surface area contributed by atoms with Crippen LogP contribution in [0, 0.1) is 0 Å². The molecule has 12 heavy (non-hydrogen) atoms. The molecular weight excluding hydrogens is 156 g/mol. The number of aliphatic imine (C=N–C) groups is 1. The van der Waals surface area contributed by atoms with Gasteiger partial charge in [-0.25, -0.2) is 4.79 Å². The summed E-state index contributed by atoms with van der Waals surface area (Å²) in [6.07, 6.45) is 2.74. The quantitative estimate of drug-likeness (QED) is 0.473. The Morgan fingerprint density at radius 2 is 2.25 bits per heavy atom. The van der Waals surface area contributed by atoms with Crippen molar-refractivity contribution in [1.82, 2.24) is 4.98 Å². The van der Waals surface area contributed by atoms with Crippen molar-refractivity contribution in [3.05, 3.63) is 12.2 Å². The van der Waals surface area contributed by atoms with Gasteiger partial charge in [-0.05, 0) is 0 Å². The van der Waals surface area contributed by atoms with Crippen LogP contribution < -0.4 is 0 Å². The van der Waals surface area contributed by atoms with Gasteiger partial charge in [0.15, 0.2) is 0 Å². The number of isocyanates is 1. The van der Waals surface area contributed by atoms with Crippen LogP contribution in [-0.4, -0.2) is 11.1 Å². The zero-order valence-electron chi connectivity index (χ0n) is 7.29.